The van der Waals surface area contributed by atoms with Crippen molar-refractivity contribution in [2.24, 2.45) is 0 Å². The summed E-state index contributed by atoms with van der Waals surface area (Å²) < 4.78 is 11.2. The van der Waals surface area contributed by atoms with Gasteiger partial charge in [0.2, 0.25) is 0 Å². The molecule has 1 saturated heterocycles. The van der Waals surface area contributed by atoms with Gasteiger partial charge in [-0.3, -0.25) is 4.79 Å². The van der Waals surface area contributed by atoms with E-state index in [1.54, 1.807) is 0 Å². The Morgan fingerprint density at radius 3 is 2.91 bits per heavy atom. The summed E-state index contributed by atoms with van der Waals surface area (Å²) in [6.45, 7) is 6.51. The van der Waals surface area contributed by atoms with Crippen LogP contribution in [0.5, 0.6) is 0 Å². The van der Waals surface area contributed by atoms with Crippen LogP contribution in [0, 0.1) is 13.8 Å². The number of thiazole rings is 1. The molecule has 1 aliphatic heterocycles. The number of aryl methyl sites for hydroxylation is 2. The molecule has 6 heteroatoms. The van der Waals surface area contributed by atoms with Crippen molar-refractivity contribution in [3.8, 4) is 10.8 Å². The Morgan fingerprint density at radius 2 is 2.27 bits per heavy atom. The standard InChI is InChI=1S/C16H20N2O3S/c1-9-6-7-13(21-9)16-18-11(3)14(22-16)15(19)17-10(2)12-5-4-8-20-12/h6-7,10,12H,4-5,8H2,1-3H3,(H,17,19)/t10-,12-/m1/s1. The van der Waals surface area contributed by atoms with Gasteiger partial charge in [0, 0.05) is 6.61 Å². The lowest BCUT2D eigenvalue weighted by molar-refractivity contribution is 0.0714. The molecule has 22 heavy (non-hydrogen) atoms. The minimum atomic E-state index is -0.0903. The molecular formula is C16H20N2O3S. The SMILES string of the molecule is Cc1ccc(-c2nc(C)c(C(=O)N[C@H](C)[C@H]3CCCO3)s2)o1. The first-order valence-electron chi connectivity index (χ1n) is 7.51. The predicted octanol–water partition coefficient (Wildman–Crippen LogP) is 3.32. The molecule has 1 amide bonds. The molecule has 0 aliphatic carbocycles. The molecule has 0 unspecified atom stereocenters. The van der Waals surface area contributed by atoms with Gasteiger partial charge >= 0.3 is 0 Å². The molecule has 1 fully saturated rings. The summed E-state index contributed by atoms with van der Waals surface area (Å²) in [7, 11) is 0. The van der Waals surface area contributed by atoms with E-state index in [4.69, 9.17) is 9.15 Å². The van der Waals surface area contributed by atoms with Crippen molar-refractivity contribution in [2.45, 2.75) is 45.8 Å². The number of hydrogen-bond acceptors (Lipinski definition) is 5. The van der Waals surface area contributed by atoms with Crippen molar-refractivity contribution in [1.82, 2.24) is 10.3 Å². The van der Waals surface area contributed by atoms with Crippen LogP contribution in [0.1, 0.15) is 40.9 Å². The van der Waals surface area contributed by atoms with Crippen LogP contribution >= 0.6 is 11.3 Å². The Balaban J connectivity index is 1.73. The number of nitrogens with one attached hydrogen (secondary N) is 1. The van der Waals surface area contributed by atoms with Crippen LogP contribution in [-0.4, -0.2) is 29.6 Å². The van der Waals surface area contributed by atoms with Gasteiger partial charge in [-0.2, -0.15) is 0 Å². The molecule has 0 aromatic carbocycles. The van der Waals surface area contributed by atoms with Gasteiger partial charge in [0.25, 0.3) is 5.91 Å². The molecule has 5 nitrogen and oxygen atoms in total. The largest absolute Gasteiger partial charge is 0.459 e. The number of hydrogen-bond donors (Lipinski definition) is 1. The van der Waals surface area contributed by atoms with Crippen LogP contribution in [0.25, 0.3) is 10.8 Å². The maximum absolute atomic E-state index is 12.5. The second-order valence-corrected chi connectivity index (χ2v) is 6.66. The Hall–Kier alpha value is -1.66. The third-order valence-electron chi connectivity index (χ3n) is 3.84. The van der Waals surface area contributed by atoms with Gasteiger partial charge in [0.15, 0.2) is 10.8 Å². The molecule has 2 atom stereocenters. The van der Waals surface area contributed by atoms with E-state index in [1.165, 1.54) is 11.3 Å². The highest BCUT2D eigenvalue weighted by Crippen LogP contribution is 2.29. The number of amides is 1. The van der Waals surface area contributed by atoms with Crippen LogP contribution < -0.4 is 5.32 Å². The number of carbonyl (C=O) groups excluding carboxylic acids is 1. The van der Waals surface area contributed by atoms with Gasteiger partial charge in [0.1, 0.15) is 10.6 Å². The third-order valence-corrected chi connectivity index (χ3v) is 5.01. The van der Waals surface area contributed by atoms with Crippen molar-refractivity contribution in [3.05, 3.63) is 28.5 Å². The minimum Gasteiger partial charge on any atom is -0.459 e. The van der Waals surface area contributed by atoms with Crippen LogP contribution in [-0.2, 0) is 4.74 Å². The summed E-state index contributed by atoms with van der Waals surface area (Å²) in [5, 5.41) is 3.76. The Kier molecular flexibility index (Phi) is 4.31. The molecule has 3 rings (SSSR count). The summed E-state index contributed by atoms with van der Waals surface area (Å²) >= 11 is 1.36. The van der Waals surface area contributed by atoms with E-state index in [-0.39, 0.29) is 18.1 Å². The van der Waals surface area contributed by atoms with E-state index >= 15 is 0 Å². The molecule has 2 aromatic rings. The molecule has 3 heterocycles. The van der Waals surface area contributed by atoms with Crippen LogP contribution in [0.15, 0.2) is 16.5 Å². The number of carbonyl (C=O) groups is 1. The molecule has 0 spiro atoms. The number of aromatic nitrogens is 1. The normalized spacial score (nSPS) is 19.3. The Morgan fingerprint density at radius 1 is 1.45 bits per heavy atom. The van der Waals surface area contributed by atoms with Gasteiger partial charge in [-0.05, 0) is 45.7 Å². The zero-order valence-electron chi connectivity index (χ0n) is 13.0. The topological polar surface area (TPSA) is 64.4 Å². The van der Waals surface area contributed by atoms with E-state index in [2.05, 4.69) is 10.3 Å². The van der Waals surface area contributed by atoms with Gasteiger partial charge in [0.05, 0.1) is 17.8 Å². The lowest BCUT2D eigenvalue weighted by Gasteiger charge is -2.19. The number of nitrogens with zero attached hydrogens (tertiary/aromatic N) is 1. The molecule has 2 aromatic heterocycles. The van der Waals surface area contributed by atoms with E-state index in [1.807, 2.05) is 32.9 Å². The highest BCUT2D eigenvalue weighted by molar-refractivity contribution is 7.17. The summed E-state index contributed by atoms with van der Waals surface area (Å²) in [6.07, 6.45) is 2.18. The van der Waals surface area contributed by atoms with Crippen LogP contribution in [0.4, 0.5) is 0 Å². The predicted molar refractivity (Wildman–Crippen MR) is 85.2 cm³/mol. The van der Waals surface area contributed by atoms with E-state index in [9.17, 15) is 4.79 Å². The maximum Gasteiger partial charge on any atom is 0.263 e. The average molecular weight is 320 g/mol. The van der Waals surface area contributed by atoms with Gasteiger partial charge in [-0.1, -0.05) is 0 Å². The van der Waals surface area contributed by atoms with Crippen molar-refractivity contribution < 1.29 is 13.9 Å². The molecule has 1 aliphatic rings. The average Bonchev–Trinajstić information content (AvgIpc) is 3.18. The molecular weight excluding hydrogens is 300 g/mol. The van der Waals surface area contributed by atoms with Crippen molar-refractivity contribution >= 4 is 17.2 Å². The van der Waals surface area contributed by atoms with Crippen LogP contribution in [0.3, 0.4) is 0 Å². The Bertz CT molecular complexity index is 671. The Labute approximate surface area is 133 Å². The molecule has 118 valence electrons. The third kappa shape index (κ3) is 3.08. The first kappa shape index (κ1) is 15.2. The maximum atomic E-state index is 12.5. The first-order valence-corrected chi connectivity index (χ1v) is 8.33. The number of ether oxygens (including phenoxy) is 1. The number of rotatable bonds is 4. The summed E-state index contributed by atoms with van der Waals surface area (Å²) in [5.41, 5.74) is 0.728. The zero-order chi connectivity index (χ0) is 15.7. The van der Waals surface area contributed by atoms with Crippen molar-refractivity contribution in [1.29, 1.82) is 0 Å². The molecule has 0 saturated carbocycles. The lowest BCUT2D eigenvalue weighted by Crippen LogP contribution is -2.40. The van der Waals surface area contributed by atoms with E-state index in [0.29, 0.717) is 10.6 Å². The molecule has 1 N–H and O–H groups in total. The van der Waals surface area contributed by atoms with Crippen molar-refractivity contribution in [3.63, 3.8) is 0 Å². The summed E-state index contributed by atoms with van der Waals surface area (Å²) in [5.74, 6) is 1.45. The van der Waals surface area contributed by atoms with E-state index < -0.39 is 0 Å². The fraction of sp³-hybridized carbons (Fsp3) is 0.500. The highest BCUT2D eigenvalue weighted by Gasteiger charge is 2.25. The summed E-state index contributed by atoms with van der Waals surface area (Å²) in [4.78, 5) is 17.5. The fourth-order valence-corrected chi connectivity index (χ4v) is 3.56. The van der Waals surface area contributed by atoms with Gasteiger partial charge in [-0.15, -0.1) is 11.3 Å². The quantitative estimate of drug-likeness (QED) is 0.938. The highest BCUT2D eigenvalue weighted by atomic mass is 32.1. The lowest BCUT2D eigenvalue weighted by atomic mass is 10.1. The molecule has 0 bridgehead atoms. The molecule has 0 radical (unpaired) electrons. The summed E-state index contributed by atoms with van der Waals surface area (Å²) in [6, 6.07) is 3.78. The van der Waals surface area contributed by atoms with Crippen LogP contribution in [0.2, 0.25) is 0 Å². The number of furan rings is 1. The minimum absolute atomic E-state index is 0.00538. The monoisotopic (exact) mass is 320 g/mol. The second kappa shape index (κ2) is 6.22. The first-order chi connectivity index (χ1) is 10.5. The second-order valence-electron chi connectivity index (χ2n) is 5.66. The van der Waals surface area contributed by atoms with Crippen molar-refractivity contribution in [2.75, 3.05) is 6.61 Å². The fourth-order valence-electron chi connectivity index (χ4n) is 2.62. The smallest absolute Gasteiger partial charge is 0.263 e. The van der Waals surface area contributed by atoms with Gasteiger partial charge < -0.3 is 14.5 Å². The van der Waals surface area contributed by atoms with E-state index in [0.717, 1.165) is 35.9 Å². The van der Waals surface area contributed by atoms with Gasteiger partial charge in [-0.25, -0.2) is 4.98 Å². The zero-order valence-corrected chi connectivity index (χ0v) is 13.8.